The van der Waals surface area contributed by atoms with E-state index in [0.29, 0.717) is 24.3 Å². The number of carbonyl (C=O) groups is 2. The van der Waals surface area contributed by atoms with Crippen LogP contribution in [0.3, 0.4) is 0 Å². The molecule has 0 aromatic carbocycles. The van der Waals surface area contributed by atoms with E-state index < -0.39 is 5.97 Å². The molecule has 1 fully saturated rings. The van der Waals surface area contributed by atoms with Crippen molar-refractivity contribution in [3.63, 3.8) is 0 Å². The summed E-state index contributed by atoms with van der Waals surface area (Å²) in [4.78, 5) is 24.9. The number of nitrogens with zero attached hydrogens (tertiary/aromatic N) is 1. The van der Waals surface area contributed by atoms with Gasteiger partial charge < -0.3 is 14.4 Å². The van der Waals surface area contributed by atoms with E-state index in [9.17, 15) is 9.59 Å². The predicted molar refractivity (Wildman–Crippen MR) is 69.0 cm³/mol. The van der Waals surface area contributed by atoms with E-state index in [4.69, 9.17) is 9.52 Å². The standard InChI is InChI=1S/C14H19NO4/c1-10-8-11(9-19-10)14(18)15-7-3-2-4-12(15)5-6-13(16)17/h8-9,12H,2-7H2,1H3,(H,16,17). The summed E-state index contributed by atoms with van der Waals surface area (Å²) in [6.07, 6.45) is 5.03. The number of hydrogen-bond donors (Lipinski definition) is 1. The zero-order valence-electron chi connectivity index (χ0n) is 11.1. The monoisotopic (exact) mass is 265 g/mol. The van der Waals surface area contributed by atoms with Crippen LogP contribution in [0, 0.1) is 6.92 Å². The van der Waals surface area contributed by atoms with E-state index in [1.165, 1.54) is 6.26 Å². The van der Waals surface area contributed by atoms with Crippen molar-refractivity contribution in [2.45, 2.75) is 45.1 Å². The van der Waals surface area contributed by atoms with E-state index in [2.05, 4.69) is 0 Å². The molecule has 104 valence electrons. The SMILES string of the molecule is Cc1cc(C(=O)N2CCCCC2CCC(=O)O)co1. The van der Waals surface area contributed by atoms with Gasteiger partial charge in [-0.1, -0.05) is 0 Å². The molecule has 19 heavy (non-hydrogen) atoms. The van der Waals surface area contributed by atoms with Crippen LogP contribution >= 0.6 is 0 Å². The zero-order chi connectivity index (χ0) is 13.8. The van der Waals surface area contributed by atoms with Crippen LogP contribution in [-0.2, 0) is 4.79 Å². The Morgan fingerprint density at radius 2 is 2.26 bits per heavy atom. The molecule has 0 saturated carbocycles. The molecule has 0 aliphatic carbocycles. The molecule has 1 unspecified atom stereocenters. The minimum absolute atomic E-state index is 0.0348. The second-order valence-electron chi connectivity index (χ2n) is 5.03. The Morgan fingerprint density at radius 3 is 2.89 bits per heavy atom. The number of carboxylic acid groups (broad SMARTS) is 1. The van der Waals surface area contributed by atoms with Crippen molar-refractivity contribution in [1.82, 2.24) is 4.90 Å². The third kappa shape index (κ3) is 3.36. The van der Waals surface area contributed by atoms with Crippen LogP contribution in [0.4, 0.5) is 0 Å². The van der Waals surface area contributed by atoms with Crippen molar-refractivity contribution in [2.24, 2.45) is 0 Å². The molecule has 0 bridgehead atoms. The van der Waals surface area contributed by atoms with E-state index in [0.717, 1.165) is 19.3 Å². The van der Waals surface area contributed by atoms with E-state index in [1.807, 2.05) is 0 Å². The van der Waals surface area contributed by atoms with Gasteiger partial charge in [0.25, 0.3) is 5.91 Å². The van der Waals surface area contributed by atoms with Crippen molar-refractivity contribution in [2.75, 3.05) is 6.54 Å². The summed E-state index contributed by atoms with van der Waals surface area (Å²) in [6, 6.07) is 1.76. The fourth-order valence-corrected chi connectivity index (χ4v) is 2.58. The average Bonchev–Trinajstić information content (AvgIpc) is 2.82. The van der Waals surface area contributed by atoms with Crippen LogP contribution in [-0.4, -0.2) is 34.5 Å². The third-order valence-electron chi connectivity index (χ3n) is 3.56. The Kier molecular flexibility index (Phi) is 4.24. The fourth-order valence-electron chi connectivity index (χ4n) is 2.58. The predicted octanol–water partition coefficient (Wildman–Crippen LogP) is 2.45. The van der Waals surface area contributed by atoms with Crippen LogP contribution < -0.4 is 0 Å². The molecule has 2 rings (SSSR count). The lowest BCUT2D eigenvalue weighted by Gasteiger charge is -2.35. The minimum atomic E-state index is -0.808. The largest absolute Gasteiger partial charge is 0.481 e. The van der Waals surface area contributed by atoms with Gasteiger partial charge in [-0.15, -0.1) is 0 Å². The molecule has 1 aromatic heterocycles. The number of hydrogen-bond acceptors (Lipinski definition) is 3. The summed E-state index contributed by atoms with van der Waals surface area (Å²) in [5.74, 6) is -0.147. The molecule has 1 amide bonds. The van der Waals surface area contributed by atoms with Gasteiger partial charge in [0.15, 0.2) is 0 Å². The first-order chi connectivity index (χ1) is 9.08. The number of amides is 1. The topological polar surface area (TPSA) is 70.8 Å². The van der Waals surface area contributed by atoms with Crippen LogP contribution in [0.5, 0.6) is 0 Å². The number of carbonyl (C=O) groups excluding carboxylic acids is 1. The summed E-state index contributed by atoms with van der Waals surface area (Å²) >= 11 is 0. The molecule has 1 aliphatic rings. The lowest BCUT2D eigenvalue weighted by molar-refractivity contribution is -0.137. The summed E-state index contributed by atoms with van der Waals surface area (Å²) in [5, 5.41) is 8.77. The van der Waals surface area contributed by atoms with Gasteiger partial charge in [0.2, 0.25) is 0 Å². The van der Waals surface area contributed by atoms with E-state index in [-0.39, 0.29) is 18.4 Å². The number of aliphatic carboxylic acids is 1. The highest BCUT2D eigenvalue weighted by Gasteiger charge is 2.28. The Balaban J connectivity index is 2.06. The molecule has 0 radical (unpaired) electrons. The van der Waals surface area contributed by atoms with Gasteiger partial charge >= 0.3 is 5.97 Å². The normalized spacial score (nSPS) is 19.4. The number of carboxylic acids is 1. The van der Waals surface area contributed by atoms with Gasteiger partial charge in [-0.25, -0.2) is 0 Å². The summed E-state index contributed by atoms with van der Waals surface area (Å²) in [7, 11) is 0. The lowest BCUT2D eigenvalue weighted by Crippen LogP contribution is -2.43. The van der Waals surface area contributed by atoms with Gasteiger partial charge in [-0.2, -0.15) is 0 Å². The van der Waals surface area contributed by atoms with Crippen molar-refractivity contribution < 1.29 is 19.1 Å². The highest BCUT2D eigenvalue weighted by atomic mass is 16.4. The molecule has 0 spiro atoms. The minimum Gasteiger partial charge on any atom is -0.481 e. The van der Waals surface area contributed by atoms with Crippen LogP contribution in [0.2, 0.25) is 0 Å². The number of likely N-dealkylation sites (tertiary alicyclic amines) is 1. The van der Waals surface area contributed by atoms with Crippen molar-refractivity contribution >= 4 is 11.9 Å². The summed E-state index contributed by atoms with van der Waals surface area (Å²) < 4.78 is 5.17. The van der Waals surface area contributed by atoms with Crippen molar-refractivity contribution in [1.29, 1.82) is 0 Å². The van der Waals surface area contributed by atoms with Gasteiger partial charge in [-0.3, -0.25) is 9.59 Å². The first-order valence-corrected chi connectivity index (χ1v) is 6.66. The highest BCUT2D eigenvalue weighted by molar-refractivity contribution is 5.94. The number of furan rings is 1. The lowest BCUT2D eigenvalue weighted by atomic mass is 9.97. The Bertz CT molecular complexity index is 466. The maximum atomic E-state index is 12.4. The second-order valence-corrected chi connectivity index (χ2v) is 5.03. The molecule has 2 heterocycles. The summed E-state index contributed by atoms with van der Waals surface area (Å²) in [5.41, 5.74) is 0.555. The van der Waals surface area contributed by atoms with Crippen LogP contribution in [0.15, 0.2) is 16.7 Å². The van der Waals surface area contributed by atoms with Crippen molar-refractivity contribution in [3.05, 3.63) is 23.7 Å². The maximum absolute atomic E-state index is 12.4. The molecule has 1 aromatic rings. The smallest absolute Gasteiger partial charge is 0.303 e. The quantitative estimate of drug-likeness (QED) is 0.907. The second kappa shape index (κ2) is 5.91. The molecule has 5 heteroatoms. The van der Waals surface area contributed by atoms with Gasteiger partial charge in [0.05, 0.1) is 5.56 Å². The molecule has 1 aliphatic heterocycles. The molecular weight excluding hydrogens is 246 g/mol. The maximum Gasteiger partial charge on any atom is 0.303 e. The first kappa shape index (κ1) is 13.6. The van der Waals surface area contributed by atoms with Gasteiger partial charge in [-0.05, 0) is 38.7 Å². The van der Waals surface area contributed by atoms with Crippen LogP contribution in [0.25, 0.3) is 0 Å². The Hall–Kier alpha value is -1.78. The van der Waals surface area contributed by atoms with Gasteiger partial charge in [0.1, 0.15) is 12.0 Å². The van der Waals surface area contributed by atoms with Gasteiger partial charge in [0, 0.05) is 19.0 Å². The molecular formula is C14H19NO4. The zero-order valence-corrected chi connectivity index (χ0v) is 11.1. The fraction of sp³-hybridized carbons (Fsp3) is 0.571. The molecule has 5 nitrogen and oxygen atoms in total. The number of aryl methyl sites for hydroxylation is 1. The first-order valence-electron chi connectivity index (χ1n) is 6.66. The Labute approximate surface area is 112 Å². The van der Waals surface area contributed by atoms with Crippen molar-refractivity contribution in [3.8, 4) is 0 Å². The molecule has 1 N–H and O–H groups in total. The number of rotatable bonds is 4. The van der Waals surface area contributed by atoms with E-state index >= 15 is 0 Å². The van der Waals surface area contributed by atoms with E-state index in [1.54, 1.807) is 17.9 Å². The van der Waals surface area contributed by atoms with Crippen LogP contribution in [0.1, 0.15) is 48.2 Å². The Morgan fingerprint density at radius 1 is 1.47 bits per heavy atom. The average molecular weight is 265 g/mol. The molecule has 1 atom stereocenters. The number of piperidine rings is 1. The third-order valence-corrected chi connectivity index (χ3v) is 3.56. The summed E-state index contributed by atoms with van der Waals surface area (Å²) in [6.45, 7) is 2.50. The highest BCUT2D eigenvalue weighted by Crippen LogP contribution is 2.23. The molecule has 1 saturated heterocycles.